The second-order valence-corrected chi connectivity index (χ2v) is 9.78. The van der Waals surface area contributed by atoms with Gasteiger partial charge in [-0.1, -0.05) is 58.4 Å². The molecule has 1 N–H and O–H groups in total. The fourth-order valence-electron chi connectivity index (χ4n) is 3.19. The van der Waals surface area contributed by atoms with Crippen molar-refractivity contribution in [3.05, 3.63) is 88.9 Å². The summed E-state index contributed by atoms with van der Waals surface area (Å²) in [6, 6.07) is 23.9. The number of para-hydroxylation sites is 3. The number of aromatic nitrogens is 2. The predicted molar refractivity (Wildman–Crippen MR) is 121 cm³/mol. The number of imidazole rings is 1. The zero-order valence-corrected chi connectivity index (χ0v) is 18.2. The van der Waals surface area contributed by atoms with Crippen LogP contribution in [0.1, 0.15) is 5.56 Å². The van der Waals surface area contributed by atoms with Gasteiger partial charge in [0, 0.05) is 10.2 Å². The summed E-state index contributed by atoms with van der Waals surface area (Å²) in [6.07, 6.45) is 0. The van der Waals surface area contributed by atoms with Gasteiger partial charge in [-0.15, -0.1) is 0 Å². The molecule has 30 heavy (non-hydrogen) atoms. The highest BCUT2D eigenvalue weighted by Gasteiger charge is 2.20. The molecule has 0 fully saturated rings. The molecule has 0 saturated carbocycles. The fraction of sp³-hybridized carbons (Fsp3) is 0.0909. The number of hydrogen-bond acceptors (Lipinski definition) is 4. The summed E-state index contributed by atoms with van der Waals surface area (Å²) in [6.45, 7) is 0. The fourth-order valence-corrected chi connectivity index (χ4v) is 4.73. The van der Waals surface area contributed by atoms with Crippen LogP contribution < -0.4 is 5.32 Å². The second-order valence-electron chi connectivity index (χ2n) is 6.80. The summed E-state index contributed by atoms with van der Waals surface area (Å²) in [5, 5.41) is 2.68. The van der Waals surface area contributed by atoms with Crippen molar-refractivity contribution >= 4 is 48.7 Å². The zero-order chi connectivity index (χ0) is 21.1. The van der Waals surface area contributed by atoms with E-state index in [1.54, 1.807) is 28.8 Å². The van der Waals surface area contributed by atoms with Crippen LogP contribution in [0.4, 0.5) is 5.95 Å². The van der Waals surface area contributed by atoms with Gasteiger partial charge in [-0.3, -0.25) is 14.7 Å². The molecule has 0 aliphatic heterocycles. The summed E-state index contributed by atoms with van der Waals surface area (Å²) >= 11 is 3.32. The Morgan fingerprint density at radius 2 is 1.60 bits per heavy atom. The summed E-state index contributed by atoms with van der Waals surface area (Å²) in [7, 11) is -3.64. The van der Waals surface area contributed by atoms with Crippen molar-refractivity contribution in [2.45, 2.75) is 5.75 Å². The number of rotatable bonds is 6. The molecule has 0 unspecified atom stereocenters. The van der Waals surface area contributed by atoms with Gasteiger partial charge in [0.1, 0.15) is 5.75 Å². The summed E-state index contributed by atoms with van der Waals surface area (Å²) in [5.41, 5.74) is 2.97. The summed E-state index contributed by atoms with van der Waals surface area (Å²) in [4.78, 5) is 17.1. The largest absolute Gasteiger partial charge is 0.295 e. The molecule has 1 aromatic heterocycles. The smallest absolute Gasteiger partial charge is 0.241 e. The van der Waals surface area contributed by atoms with Crippen LogP contribution in [0, 0.1) is 0 Å². The van der Waals surface area contributed by atoms with Crippen molar-refractivity contribution < 1.29 is 13.2 Å². The average Bonchev–Trinajstić information content (AvgIpc) is 3.07. The third kappa shape index (κ3) is 4.60. The van der Waals surface area contributed by atoms with E-state index in [1.807, 2.05) is 54.6 Å². The number of nitrogens with zero attached hydrogens (tertiary/aromatic N) is 2. The Balaban J connectivity index is 1.58. The minimum absolute atomic E-state index is 0.206. The summed E-state index contributed by atoms with van der Waals surface area (Å²) in [5.74, 6) is -1.17. The summed E-state index contributed by atoms with van der Waals surface area (Å²) < 4.78 is 27.7. The molecule has 3 aromatic carbocycles. The molecule has 8 heteroatoms. The van der Waals surface area contributed by atoms with Crippen LogP contribution in [-0.2, 0) is 20.4 Å². The first kappa shape index (κ1) is 20.3. The minimum Gasteiger partial charge on any atom is -0.295 e. The topological polar surface area (TPSA) is 81.1 Å². The lowest BCUT2D eigenvalue weighted by molar-refractivity contribution is -0.113. The van der Waals surface area contributed by atoms with Crippen LogP contribution in [0.15, 0.2) is 83.3 Å². The second kappa shape index (κ2) is 8.41. The van der Waals surface area contributed by atoms with Crippen molar-refractivity contribution in [2.24, 2.45) is 0 Å². The SMILES string of the molecule is O=C(CS(=O)(=O)Cc1ccc(Br)cc1)Nc1nc2ccccc2n1-c1ccccc1. The standard InChI is InChI=1S/C22H18BrN3O3S/c23-17-12-10-16(11-13-17)14-30(28,29)15-21(27)25-22-24-19-8-4-5-9-20(19)26(22)18-6-2-1-3-7-18/h1-13H,14-15H2,(H,24,25,27). The quantitative estimate of drug-likeness (QED) is 0.442. The van der Waals surface area contributed by atoms with Crippen molar-refractivity contribution in [1.29, 1.82) is 0 Å². The van der Waals surface area contributed by atoms with Gasteiger partial charge in [-0.2, -0.15) is 0 Å². The van der Waals surface area contributed by atoms with Crippen LogP contribution in [0.5, 0.6) is 0 Å². The lowest BCUT2D eigenvalue weighted by Gasteiger charge is -2.10. The third-order valence-electron chi connectivity index (χ3n) is 4.48. The van der Waals surface area contributed by atoms with E-state index in [0.717, 1.165) is 15.7 Å². The Bertz CT molecular complexity index is 1300. The molecule has 4 rings (SSSR count). The van der Waals surface area contributed by atoms with E-state index in [4.69, 9.17) is 0 Å². The Morgan fingerprint density at radius 1 is 0.933 bits per heavy atom. The lowest BCUT2D eigenvalue weighted by atomic mass is 10.2. The first-order chi connectivity index (χ1) is 14.4. The number of halogens is 1. The van der Waals surface area contributed by atoms with E-state index in [1.165, 1.54) is 0 Å². The van der Waals surface area contributed by atoms with Crippen molar-refractivity contribution in [2.75, 3.05) is 11.1 Å². The highest BCUT2D eigenvalue weighted by atomic mass is 79.9. The number of anilines is 1. The molecule has 0 aliphatic rings. The highest BCUT2D eigenvalue weighted by Crippen LogP contribution is 2.24. The Morgan fingerprint density at radius 3 is 2.33 bits per heavy atom. The first-order valence-corrected chi connectivity index (χ1v) is 11.8. The first-order valence-electron chi connectivity index (χ1n) is 9.19. The number of carbonyl (C=O) groups excluding carboxylic acids is 1. The molecular weight excluding hydrogens is 466 g/mol. The van der Waals surface area contributed by atoms with Crippen molar-refractivity contribution in [1.82, 2.24) is 9.55 Å². The van der Waals surface area contributed by atoms with E-state index in [9.17, 15) is 13.2 Å². The third-order valence-corrected chi connectivity index (χ3v) is 6.48. The molecule has 1 amide bonds. The van der Waals surface area contributed by atoms with Gasteiger partial charge in [-0.25, -0.2) is 13.4 Å². The van der Waals surface area contributed by atoms with Crippen LogP contribution in [0.25, 0.3) is 16.7 Å². The van der Waals surface area contributed by atoms with Crippen molar-refractivity contribution in [3.8, 4) is 5.69 Å². The van der Waals surface area contributed by atoms with E-state index >= 15 is 0 Å². The minimum atomic E-state index is -3.64. The maximum absolute atomic E-state index is 12.6. The van der Waals surface area contributed by atoms with Crippen molar-refractivity contribution in [3.63, 3.8) is 0 Å². The van der Waals surface area contributed by atoms with Gasteiger partial charge >= 0.3 is 0 Å². The van der Waals surface area contributed by atoms with Gasteiger partial charge in [0.15, 0.2) is 9.84 Å². The molecule has 6 nitrogen and oxygen atoms in total. The maximum Gasteiger partial charge on any atom is 0.241 e. The number of nitrogens with one attached hydrogen (secondary N) is 1. The monoisotopic (exact) mass is 483 g/mol. The molecule has 152 valence electrons. The molecule has 0 radical (unpaired) electrons. The van der Waals surface area contributed by atoms with Gasteiger partial charge in [0.05, 0.1) is 16.8 Å². The van der Waals surface area contributed by atoms with Gasteiger partial charge in [0.2, 0.25) is 11.9 Å². The molecule has 0 atom stereocenters. The number of amides is 1. The number of sulfone groups is 1. The molecule has 0 saturated heterocycles. The van der Waals surface area contributed by atoms with Crippen LogP contribution in [-0.4, -0.2) is 29.6 Å². The number of carbonyl (C=O) groups is 1. The molecule has 0 bridgehead atoms. The Kier molecular flexibility index (Phi) is 5.69. The van der Waals surface area contributed by atoms with E-state index < -0.39 is 21.5 Å². The number of hydrogen-bond donors (Lipinski definition) is 1. The molecule has 4 aromatic rings. The molecule has 0 spiro atoms. The lowest BCUT2D eigenvalue weighted by Crippen LogP contribution is -2.25. The van der Waals surface area contributed by atoms with Gasteiger partial charge in [0.25, 0.3) is 0 Å². The van der Waals surface area contributed by atoms with Crippen LogP contribution in [0.2, 0.25) is 0 Å². The van der Waals surface area contributed by atoms with E-state index in [-0.39, 0.29) is 11.7 Å². The van der Waals surface area contributed by atoms with E-state index in [2.05, 4.69) is 26.2 Å². The highest BCUT2D eigenvalue weighted by molar-refractivity contribution is 9.10. The average molecular weight is 484 g/mol. The zero-order valence-electron chi connectivity index (χ0n) is 15.8. The van der Waals surface area contributed by atoms with Crippen LogP contribution in [0.3, 0.4) is 0 Å². The van der Waals surface area contributed by atoms with Crippen LogP contribution >= 0.6 is 15.9 Å². The van der Waals surface area contributed by atoms with Gasteiger partial charge in [-0.05, 0) is 42.0 Å². The Hall–Kier alpha value is -2.97. The number of fused-ring (bicyclic) bond motifs is 1. The molecule has 1 heterocycles. The van der Waals surface area contributed by atoms with Gasteiger partial charge < -0.3 is 0 Å². The maximum atomic E-state index is 12.6. The number of benzene rings is 3. The normalized spacial score (nSPS) is 11.5. The molecule has 0 aliphatic carbocycles. The Labute approximate surface area is 182 Å². The van der Waals surface area contributed by atoms with E-state index in [0.29, 0.717) is 11.1 Å². The molecular formula is C22H18BrN3O3S. The predicted octanol–water partition coefficient (Wildman–Crippen LogP) is 4.34.